The van der Waals surface area contributed by atoms with Gasteiger partial charge < -0.3 is 13.9 Å². The summed E-state index contributed by atoms with van der Waals surface area (Å²) < 4.78 is 10.9. The number of H-pyrrole nitrogens is 1. The standard InChI is InChI=1S/C20H14N4O2/c1-12-17(18(24-26-12)13-6-3-2-4-7-13)20-22-15-10-14(11-21-19(15)23-20)16-8-5-9-25-16/h2-11H,1H3,(H,21,22,23). The van der Waals surface area contributed by atoms with Crippen molar-refractivity contribution in [2.75, 3.05) is 0 Å². The fourth-order valence-corrected chi connectivity index (χ4v) is 3.04. The van der Waals surface area contributed by atoms with Gasteiger partial charge in [-0.15, -0.1) is 0 Å². The van der Waals surface area contributed by atoms with Gasteiger partial charge in [-0.2, -0.15) is 0 Å². The highest BCUT2D eigenvalue weighted by Crippen LogP contribution is 2.33. The van der Waals surface area contributed by atoms with E-state index in [2.05, 4.69) is 20.1 Å². The summed E-state index contributed by atoms with van der Waals surface area (Å²) in [4.78, 5) is 12.4. The third-order valence-electron chi connectivity index (χ3n) is 4.29. The van der Waals surface area contributed by atoms with Crippen molar-refractivity contribution >= 4 is 11.2 Å². The summed E-state index contributed by atoms with van der Waals surface area (Å²) in [5, 5.41) is 4.22. The van der Waals surface area contributed by atoms with Crippen molar-refractivity contribution in [2.24, 2.45) is 0 Å². The number of hydrogen-bond acceptors (Lipinski definition) is 5. The zero-order valence-corrected chi connectivity index (χ0v) is 13.9. The molecule has 5 aromatic rings. The summed E-state index contributed by atoms with van der Waals surface area (Å²) in [6, 6.07) is 15.6. The van der Waals surface area contributed by atoms with Gasteiger partial charge in [-0.3, -0.25) is 0 Å². The first-order chi connectivity index (χ1) is 12.8. The Morgan fingerprint density at radius 1 is 1.00 bits per heavy atom. The molecule has 1 N–H and O–H groups in total. The van der Waals surface area contributed by atoms with Crippen LogP contribution in [0.3, 0.4) is 0 Å². The molecular weight excluding hydrogens is 328 g/mol. The van der Waals surface area contributed by atoms with Crippen LogP contribution in [0.25, 0.3) is 45.1 Å². The molecule has 0 saturated heterocycles. The average molecular weight is 342 g/mol. The van der Waals surface area contributed by atoms with Crippen molar-refractivity contribution in [3.8, 4) is 34.0 Å². The summed E-state index contributed by atoms with van der Waals surface area (Å²) in [5.74, 6) is 2.15. The Labute approximate surface area is 148 Å². The van der Waals surface area contributed by atoms with Crippen LogP contribution >= 0.6 is 0 Å². The summed E-state index contributed by atoms with van der Waals surface area (Å²) in [6.45, 7) is 1.88. The number of nitrogens with one attached hydrogen (secondary N) is 1. The van der Waals surface area contributed by atoms with Crippen LogP contribution in [0.4, 0.5) is 0 Å². The lowest BCUT2D eigenvalue weighted by Gasteiger charge is -1.99. The third kappa shape index (κ3) is 2.31. The Bertz CT molecular complexity index is 1190. The van der Waals surface area contributed by atoms with Crippen LogP contribution in [-0.4, -0.2) is 20.1 Å². The molecule has 4 heterocycles. The first-order valence-corrected chi connectivity index (χ1v) is 8.21. The van der Waals surface area contributed by atoms with E-state index >= 15 is 0 Å². The van der Waals surface area contributed by atoms with E-state index in [4.69, 9.17) is 8.94 Å². The van der Waals surface area contributed by atoms with Crippen LogP contribution in [0.1, 0.15) is 5.76 Å². The minimum Gasteiger partial charge on any atom is -0.464 e. The van der Waals surface area contributed by atoms with Gasteiger partial charge in [0.05, 0.1) is 17.3 Å². The van der Waals surface area contributed by atoms with Gasteiger partial charge in [0.2, 0.25) is 0 Å². The molecule has 0 amide bonds. The van der Waals surface area contributed by atoms with E-state index in [-0.39, 0.29) is 0 Å². The number of nitrogens with zero attached hydrogens (tertiary/aromatic N) is 3. The molecule has 6 heteroatoms. The van der Waals surface area contributed by atoms with Gasteiger partial charge >= 0.3 is 0 Å². The van der Waals surface area contributed by atoms with E-state index in [1.165, 1.54) is 0 Å². The zero-order valence-electron chi connectivity index (χ0n) is 13.9. The molecule has 0 aliphatic rings. The number of fused-ring (bicyclic) bond motifs is 1. The van der Waals surface area contributed by atoms with Gasteiger partial charge in [-0.05, 0) is 25.1 Å². The number of aromatic amines is 1. The number of imidazole rings is 1. The Morgan fingerprint density at radius 2 is 1.88 bits per heavy atom. The fraction of sp³-hybridized carbons (Fsp3) is 0.0500. The lowest BCUT2D eigenvalue weighted by atomic mass is 10.1. The second kappa shape index (κ2) is 5.70. The van der Waals surface area contributed by atoms with Crippen molar-refractivity contribution < 1.29 is 8.94 Å². The molecule has 0 saturated carbocycles. The molecule has 0 radical (unpaired) electrons. The maximum atomic E-state index is 5.44. The number of rotatable bonds is 3. The molecule has 6 nitrogen and oxygen atoms in total. The van der Waals surface area contributed by atoms with E-state index in [1.54, 1.807) is 12.5 Å². The van der Waals surface area contributed by atoms with E-state index < -0.39 is 0 Å². The van der Waals surface area contributed by atoms with Gasteiger partial charge in [0.1, 0.15) is 23.0 Å². The van der Waals surface area contributed by atoms with Gasteiger partial charge in [0, 0.05) is 17.3 Å². The molecule has 5 rings (SSSR count). The highest BCUT2D eigenvalue weighted by atomic mass is 16.5. The molecule has 126 valence electrons. The van der Waals surface area contributed by atoms with Gasteiger partial charge in [-0.25, -0.2) is 9.97 Å². The predicted octanol–water partition coefficient (Wildman–Crippen LogP) is 4.85. The minimum atomic E-state index is 0.634. The second-order valence-electron chi connectivity index (χ2n) is 5.99. The number of benzene rings is 1. The van der Waals surface area contributed by atoms with Gasteiger partial charge in [0.15, 0.2) is 5.65 Å². The molecule has 0 aliphatic heterocycles. The Hall–Kier alpha value is -3.67. The number of aryl methyl sites for hydroxylation is 1. The normalized spacial score (nSPS) is 11.3. The lowest BCUT2D eigenvalue weighted by molar-refractivity contribution is 0.400. The van der Waals surface area contributed by atoms with E-state index in [9.17, 15) is 0 Å². The van der Waals surface area contributed by atoms with Crippen molar-refractivity contribution in [1.29, 1.82) is 0 Å². The highest BCUT2D eigenvalue weighted by Gasteiger charge is 2.20. The van der Waals surface area contributed by atoms with Gasteiger partial charge in [-0.1, -0.05) is 35.5 Å². The first kappa shape index (κ1) is 14.7. The van der Waals surface area contributed by atoms with Crippen LogP contribution in [0.2, 0.25) is 0 Å². The van der Waals surface area contributed by atoms with Crippen molar-refractivity contribution in [3.05, 3.63) is 66.8 Å². The highest BCUT2D eigenvalue weighted by molar-refractivity contribution is 5.84. The summed E-state index contributed by atoms with van der Waals surface area (Å²) in [6.07, 6.45) is 3.40. The second-order valence-corrected chi connectivity index (χ2v) is 5.99. The zero-order chi connectivity index (χ0) is 17.5. The van der Waals surface area contributed by atoms with Crippen LogP contribution in [0.5, 0.6) is 0 Å². The number of aromatic nitrogens is 4. The van der Waals surface area contributed by atoms with Crippen molar-refractivity contribution in [3.63, 3.8) is 0 Å². The minimum absolute atomic E-state index is 0.634. The first-order valence-electron chi connectivity index (χ1n) is 8.21. The average Bonchev–Trinajstić information content (AvgIpc) is 3.40. The SMILES string of the molecule is Cc1onc(-c2ccccc2)c1-c1nc2ncc(-c3ccco3)cc2[nH]1. The van der Waals surface area contributed by atoms with Crippen LogP contribution in [0.15, 0.2) is 69.9 Å². The molecule has 0 spiro atoms. The maximum Gasteiger partial charge on any atom is 0.178 e. The van der Waals surface area contributed by atoms with Gasteiger partial charge in [0.25, 0.3) is 0 Å². The summed E-state index contributed by atoms with van der Waals surface area (Å²) in [7, 11) is 0. The topological polar surface area (TPSA) is 80.7 Å². The van der Waals surface area contributed by atoms with Crippen LogP contribution in [-0.2, 0) is 0 Å². The molecular formula is C20H14N4O2. The van der Waals surface area contributed by atoms with Crippen molar-refractivity contribution in [2.45, 2.75) is 6.92 Å². The lowest BCUT2D eigenvalue weighted by Crippen LogP contribution is -1.86. The molecule has 26 heavy (non-hydrogen) atoms. The smallest absolute Gasteiger partial charge is 0.178 e. The number of hydrogen-bond donors (Lipinski definition) is 1. The molecule has 0 fully saturated rings. The summed E-state index contributed by atoms with van der Waals surface area (Å²) in [5.41, 5.74) is 4.93. The Kier molecular flexibility index (Phi) is 3.21. The predicted molar refractivity (Wildman–Crippen MR) is 97.3 cm³/mol. The molecule has 0 atom stereocenters. The third-order valence-corrected chi connectivity index (χ3v) is 4.29. The molecule has 0 bridgehead atoms. The largest absolute Gasteiger partial charge is 0.464 e. The molecule has 4 aromatic heterocycles. The van der Waals surface area contributed by atoms with E-state index in [0.717, 1.165) is 33.7 Å². The summed E-state index contributed by atoms with van der Waals surface area (Å²) >= 11 is 0. The van der Waals surface area contributed by atoms with E-state index in [1.807, 2.05) is 55.5 Å². The monoisotopic (exact) mass is 342 g/mol. The fourth-order valence-electron chi connectivity index (χ4n) is 3.04. The van der Waals surface area contributed by atoms with Crippen LogP contribution in [0, 0.1) is 6.92 Å². The van der Waals surface area contributed by atoms with Crippen LogP contribution < -0.4 is 0 Å². The molecule has 1 aromatic carbocycles. The number of pyridine rings is 1. The number of furan rings is 1. The molecule has 0 aliphatic carbocycles. The van der Waals surface area contributed by atoms with Crippen molar-refractivity contribution in [1.82, 2.24) is 20.1 Å². The Morgan fingerprint density at radius 3 is 2.69 bits per heavy atom. The molecule has 0 unspecified atom stereocenters. The maximum absolute atomic E-state index is 5.44. The quantitative estimate of drug-likeness (QED) is 0.507. The Balaban J connectivity index is 1.65. The van der Waals surface area contributed by atoms with E-state index in [0.29, 0.717) is 17.2 Å².